The molecule has 38 heavy (non-hydrogen) atoms. The molecule has 0 saturated heterocycles. The first-order valence-electron chi connectivity index (χ1n) is 12.2. The van der Waals surface area contributed by atoms with Gasteiger partial charge in [-0.3, -0.25) is 4.72 Å². The lowest BCUT2D eigenvalue weighted by Gasteiger charge is -2.38. The number of carbonyl (C=O) groups excluding carboxylic acids is 1. The number of benzene rings is 1. The Labute approximate surface area is 223 Å². The van der Waals surface area contributed by atoms with Crippen molar-refractivity contribution in [3.63, 3.8) is 0 Å². The Kier molecular flexibility index (Phi) is 9.68. The summed E-state index contributed by atoms with van der Waals surface area (Å²) in [4.78, 5) is 14.3. The number of anilines is 2. The van der Waals surface area contributed by atoms with E-state index in [4.69, 9.17) is 4.74 Å². The quantitative estimate of drug-likeness (QED) is 0.256. The zero-order valence-corrected chi connectivity index (χ0v) is 23.2. The van der Waals surface area contributed by atoms with E-state index in [1.54, 1.807) is 6.07 Å². The average Bonchev–Trinajstić information content (AvgIpc) is 3.29. The molecule has 10 nitrogen and oxygen atoms in total. The number of ether oxygens (including phenoxy) is 1. The largest absolute Gasteiger partial charge is 0.460 e. The molecule has 0 amide bonds. The Bertz CT molecular complexity index is 1260. The van der Waals surface area contributed by atoms with Crippen LogP contribution in [-0.2, 0) is 21.2 Å². The summed E-state index contributed by atoms with van der Waals surface area (Å²) in [6, 6.07) is 3.33. The Morgan fingerprint density at radius 1 is 1.21 bits per heavy atom. The molecule has 0 saturated carbocycles. The normalized spacial score (nSPS) is 14.4. The van der Waals surface area contributed by atoms with Crippen LogP contribution >= 0.6 is 11.3 Å². The number of aryl methyl sites for hydroxylation is 1. The third-order valence-electron chi connectivity index (χ3n) is 5.73. The van der Waals surface area contributed by atoms with Crippen LogP contribution in [0.5, 0.6) is 0 Å². The Morgan fingerprint density at radius 2 is 1.92 bits per heavy atom. The molecule has 1 aliphatic heterocycles. The van der Waals surface area contributed by atoms with E-state index in [9.17, 15) is 26.4 Å². The molecule has 0 fully saturated rings. The fourth-order valence-corrected chi connectivity index (χ4v) is 5.64. The highest BCUT2D eigenvalue weighted by molar-refractivity contribution is 7.92. The van der Waals surface area contributed by atoms with Gasteiger partial charge in [-0.2, -0.15) is 13.2 Å². The molecule has 1 N–H and O–H groups in total. The van der Waals surface area contributed by atoms with E-state index in [-0.39, 0.29) is 40.1 Å². The number of fused-ring (bicyclic) bond motifs is 1. The monoisotopic (exact) mass is 576 g/mol. The summed E-state index contributed by atoms with van der Waals surface area (Å²) in [5.41, 5.74) is 1.53. The molecule has 0 spiro atoms. The highest BCUT2D eigenvalue weighted by Gasteiger charge is 2.36. The summed E-state index contributed by atoms with van der Waals surface area (Å²) >= 11 is 0.825. The van der Waals surface area contributed by atoms with Crippen LogP contribution in [0.15, 0.2) is 22.4 Å². The number of aromatic nitrogens is 2. The lowest BCUT2D eigenvalue weighted by atomic mass is 9.97. The molecule has 3 rings (SSSR count). The topological polar surface area (TPSA) is 126 Å². The zero-order chi connectivity index (χ0) is 28.1. The Hall–Kier alpha value is -2.81. The number of nitrogens with zero attached hydrogens (tertiary/aromatic N) is 5. The predicted molar refractivity (Wildman–Crippen MR) is 139 cm³/mol. The van der Waals surface area contributed by atoms with E-state index in [0.29, 0.717) is 6.42 Å². The molecule has 0 aliphatic carbocycles. The van der Waals surface area contributed by atoms with Crippen molar-refractivity contribution in [1.29, 1.82) is 0 Å². The van der Waals surface area contributed by atoms with Crippen molar-refractivity contribution < 1.29 is 31.1 Å². The fraction of sp³-hybridized carbons (Fsp3) is 0.609. The van der Waals surface area contributed by atoms with Gasteiger partial charge in [-0.05, 0) is 49.3 Å². The number of hydrogen-bond acceptors (Lipinski definition) is 10. The summed E-state index contributed by atoms with van der Waals surface area (Å²) in [6.45, 7) is 8.82. The highest BCUT2D eigenvalue weighted by Crippen LogP contribution is 2.40. The lowest BCUT2D eigenvalue weighted by molar-refractivity contribution is -0.106. The van der Waals surface area contributed by atoms with Crippen LogP contribution in [0.1, 0.15) is 62.3 Å². The molecule has 0 unspecified atom stereocenters. The molecule has 1 aromatic heterocycles. The van der Waals surface area contributed by atoms with E-state index in [2.05, 4.69) is 25.3 Å². The summed E-state index contributed by atoms with van der Waals surface area (Å²) in [5.74, 6) is -2.56. The third-order valence-corrected chi connectivity index (χ3v) is 7.76. The van der Waals surface area contributed by atoms with E-state index in [0.717, 1.165) is 48.4 Å². The van der Waals surface area contributed by atoms with Gasteiger partial charge in [0.1, 0.15) is 5.69 Å². The minimum Gasteiger partial charge on any atom is -0.460 e. The van der Waals surface area contributed by atoms with Crippen molar-refractivity contribution in [1.82, 2.24) is 10.2 Å². The third kappa shape index (κ3) is 8.09. The zero-order valence-electron chi connectivity index (χ0n) is 21.6. The van der Waals surface area contributed by atoms with Crippen molar-refractivity contribution in [2.45, 2.75) is 65.6 Å². The van der Waals surface area contributed by atoms with Crippen LogP contribution in [0.3, 0.4) is 0 Å². The van der Waals surface area contributed by atoms with Crippen molar-refractivity contribution >= 4 is 49.5 Å². The number of alkyl halides is 3. The SMILES string of the molecule is CCC(CC)N1CCCc2cc(N=Nc3nnc(C(=O)OCC(C)C)s3)c(NS(=O)(=O)CC(F)(F)F)cc21. The van der Waals surface area contributed by atoms with Gasteiger partial charge >= 0.3 is 12.1 Å². The number of azo groups is 1. The number of nitrogens with one attached hydrogen (secondary N) is 1. The molecule has 210 valence electrons. The van der Waals surface area contributed by atoms with Gasteiger partial charge < -0.3 is 9.64 Å². The van der Waals surface area contributed by atoms with Crippen LogP contribution in [-0.4, -0.2) is 55.7 Å². The minimum absolute atomic E-state index is 0.00183. The van der Waals surface area contributed by atoms with Crippen molar-refractivity contribution in [2.75, 3.05) is 28.5 Å². The fourth-order valence-electron chi connectivity index (χ4n) is 4.08. The predicted octanol–water partition coefficient (Wildman–Crippen LogP) is 6.01. The van der Waals surface area contributed by atoms with Gasteiger partial charge in [0.25, 0.3) is 5.13 Å². The smallest absolute Gasteiger partial charge is 0.404 e. The van der Waals surface area contributed by atoms with Crippen LogP contribution < -0.4 is 9.62 Å². The lowest BCUT2D eigenvalue weighted by Crippen LogP contribution is -2.38. The molecule has 1 aromatic carbocycles. The van der Waals surface area contributed by atoms with Crippen molar-refractivity contribution in [3.05, 3.63) is 22.7 Å². The second-order valence-corrected chi connectivity index (χ2v) is 12.0. The first-order valence-corrected chi connectivity index (χ1v) is 14.7. The first-order chi connectivity index (χ1) is 17.8. The maximum absolute atomic E-state index is 12.9. The van der Waals surface area contributed by atoms with Crippen molar-refractivity contribution in [2.24, 2.45) is 16.1 Å². The Morgan fingerprint density at radius 3 is 2.55 bits per heavy atom. The van der Waals surface area contributed by atoms with Crippen LogP contribution in [0, 0.1) is 5.92 Å². The van der Waals surface area contributed by atoms with Crippen LogP contribution in [0.25, 0.3) is 0 Å². The second kappa shape index (κ2) is 12.4. The average molecular weight is 577 g/mol. The molecule has 1 aliphatic rings. The molecular formula is C23H31F3N6O4S2. The molecule has 0 bridgehead atoms. The maximum atomic E-state index is 12.9. The number of hydrogen-bond donors (Lipinski definition) is 1. The van der Waals surface area contributed by atoms with E-state index >= 15 is 0 Å². The molecule has 2 heterocycles. The van der Waals surface area contributed by atoms with Gasteiger partial charge in [-0.25, -0.2) is 13.2 Å². The molecule has 0 radical (unpaired) electrons. The number of halogens is 3. The molecule has 0 atom stereocenters. The molecular weight excluding hydrogens is 545 g/mol. The van der Waals surface area contributed by atoms with E-state index in [1.807, 2.05) is 32.4 Å². The number of esters is 1. The summed E-state index contributed by atoms with van der Waals surface area (Å²) < 4.78 is 70.5. The van der Waals surface area contributed by atoms with Gasteiger partial charge in [-0.1, -0.05) is 39.0 Å². The first kappa shape index (κ1) is 29.7. The van der Waals surface area contributed by atoms with Crippen LogP contribution in [0.2, 0.25) is 0 Å². The van der Waals surface area contributed by atoms with Gasteiger partial charge in [0.15, 0.2) is 5.75 Å². The highest BCUT2D eigenvalue weighted by atomic mass is 32.2. The van der Waals surface area contributed by atoms with E-state index < -0.39 is 27.9 Å². The Balaban J connectivity index is 1.97. The van der Waals surface area contributed by atoms with Crippen molar-refractivity contribution in [3.8, 4) is 0 Å². The minimum atomic E-state index is -4.92. The standard InChI is InChI=1S/C23H31F3N6O4S2/c1-5-16(6-2)32-9-7-8-15-10-17(18(11-19(15)32)31-38(34,35)13-23(24,25)26)27-29-22-30-28-20(37-22)21(33)36-12-14(3)4/h10-11,14,16,31H,5-9,12-13H2,1-4H3. The summed E-state index contributed by atoms with van der Waals surface area (Å²) in [5, 5.41) is 15.5. The van der Waals surface area contributed by atoms with Gasteiger partial charge in [0.2, 0.25) is 15.0 Å². The van der Waals surface area contributed by atoms with E-state index in [1.165, 1.54) is 6.07 Å². The molecule has 15 heteroatoms. The number of sulfonamides is 1. The number of rotatable bonds is 11. The summed E-state index contributed by atoms with van der Waals surface area (Å²) in [7, 11) is -4.78. The van der Waals surface area contributed by atoms with Gasteiger partial charge in [0.05, 0.1) is 12.3 Å². The molecule has 2 aromatic rings. The maximum Gasteiger partial charge on any atom is 0.404 e. The summed E-state index contributed by atoms with van der Waals surface area (Å²) in [6.07, 6.45) is -1.67. The second-order valence-electron chi connectivity index (χ2n) is 9.32. The van der Waals surface area contributed by atoms with Gasteiger partial charge in [0, 0.05) is 18.3 Å². The number of carbonyl (C=O) groups is 1. The van der Waals surface area contributed by atoms with Crippen LogP contribution in [0.4, 0.5) is 35.4 Å². The van der Waals surface area contributed by atoms with Gasteiger partial charge in [-0.15, -0.1) is 20.4 Å².